The third-order valence-corrected chi connectivity index (χ3v) is 2.13. The fourth-order valence-corrected chi connectivity index (χ4v) is 1.45. The number of hydrazine groups is 1. The van der Waals surface area contributed by atoms with Gasteiger partial charge >= 0.3 is 5.69 Å². The molecular weight excluding hydrogens is 206 g/mol. The van der Waals surface area contributed by atoms with Crippen molar-refractivity contribution < 1.29 is 0 Å². The van der Waals surface area contributed by atoms with E-state index in [1.165, 1.54) is 4.57 Å². The van der Waals surface area contributed by atoms with Crippen molar-refractivity contribution in [2.45, 2.75) is 6.92 Å². The van der Waals surface area contributed by atoms with Crippen LogP contribution >= 0.6 is 0 Å². The normalized spacial score (nSPS) is 10.1. The lowest BCUT2D eigenvalue weighted by Crippen LogP contribution is -2.27. The van der Waals surface area contributed by atoms with Gasteiger partial charge in [0.1, 0.15) is 5.82 Å². The second kappa shape index (κ2) is 4.11. The standard InChI is InChI=1S/C10H11N5O/c1-7-12-9(14-11)13-10(16)15(7)8-5-3-2-4-6-8/h2-6H,11H2,1H3,(H,13,14,16). The molecule has 2 rings (SSSR count). The molecule has 0 saturated carbocycles. The highest BCUT2D eigenvalue weighted by Crippen LogP contribution is 2.06. The summed E-state index contributed by atoms with van der Waals surface area (Å²) in [5.41, 5.74) is 2.57. The summed E-state index contributed by atoms with van der Waals surface area (Å²) >= 11 is 0. The molecule has 1 aromatic heterocycles. The van der Waals surface area contributed by atoms with Gasteiger partial charge in [0.15, 0.2) is 0 Å². The van der Waals surface area contributed by atoms with Crippen LogP contribution in [0.5, 0.6) is 0 Å². The zero-order chi connectivity index (χ0) is 11.5. The smallest absolute Gasteiger partial charge is 0.292 e. The fourth-order valence-electron chi connectivity index (χ4n) is 1.45. The van der Waals surface area contributed by atoms with E-state index in [1.54, 1.807) is 6.92 Å². The van der Waals surface area contributed by atoms with Crippen molar-refractivity contribution in [1.29, 1.82) is 0 Å². The van der Waals surface area contributed by atoms with Crippen LogP contribution < -0.4 is 17.0 Å². The molecule has 0 saturated heterocycles. The van der Waals surface area contributed by atoms with Gasteiger partial charge in [-0.2, -0.15) is 9.97 Å². The Hall–Kier alpha value is -2.21. The number of hydrogen-bond acceptors (Lipinski definition) is 5. The van der Waals surface area contributed by atoms with Gasteiger partial charge in [0.05, 0.1) is 5.69 Å². The van der Waals surface area contributed by atoms with Crippen LogP contribution in [0.25, 0.3) is 5.69 Å². The minimum atomic E-state index is -0.411. The number of aromatic nitrogens is 3. The maximum absolute atomic E-state index is 11.7. The molecule has 0 aliphatic carbocycles. The molecule has 0 aliphatic heterocycles. The van der Waals surface area contributed by atoms with E-state index in [1.807, 2.05) is 30.3 Å². The molecule has 2 aromatic rings. The summed E-state index contributed by atoms with van der Waals surface area (Å²) in [6, 6.07) is 9.19. The van der Waals surface area contributed by atoms with Gasteiger partial charge in [-0.25, -0.2) is 15.2 Å². The maximum Gasteiger partial charge on any atom is 0.356 e. The number of nitrogen functional groups attached to an aromatic ring is 1. The predicted octanol–water partition coefficient (Wildman–Crippen LogP) is 0.222. The van der Waals surface area contributed by atoms with Crippen LogP contribution in [0.4, 0.5) is 5.95 Å². The van der Waals surface area contributed by atoms with Crippen molar-refractivity contribution in [3.05, 3.63) is 46.6 Å². The summed E-state index contributed by atoms with van der Waals surface area (Å²) in [7, 11) is 0. The lowest BCUT2D eigenvalue weighted by atomic mass is 10.3. The second-order valence-electron chi connectivity index (χ2n) is 3.19. The van der Waals surface area contributed by atoms with E-state index in [-0.39, 0.29) is 5.95 Å². The van der Waals surface area contributed by atoms with Crippen molar-refractivity contribution >= 4 is 5.95 Å². The molecule has 0 radical (unpaired) electrons. The van der Waals surface area contributed by atoms with Crippen LogP contribution in [0, 0.1) is 6.92 Å². The fraction of sp³-hybridized carbons (Fsp3) is 0.100. The SMILES string of the molecule is Cc1nc(NN)nc(=O)n1-c1ccccc1. The molecule has 16 heavy (non-hydrogen) atoms. The first-order chi connectivity index (χ1) is 7.72. The van der Waals surface area contributed by atoms with Crippen LogP contribution in [-0.2, 0) is 0 Å². The summed E-state index contributed by atoms with van der Waals surface area (Å²) in [6.45, 7) is 1.72. The lowest BCUT2D eigenvalue weighted by Gasteiger charge is -2.08. The van der Waals surface area contributed by atoms with Gasteiger partial charge in [-0.05, 0) is 19.1 Å². The van der Waals surface area contributed by atoms with E-state index in [0.717, 1.165) is 5.69 Å². The Labute approximate surface area is 91.7 Å². The Morgan fingerprint density at radius 1 is 1.25 bits per heavy atom. The Kier molecular flexibility index (Phi) is 2.65. The molecule has 3 N–H and O–H groups in total. The minimum Gasteiger partial charge on any atom is -0.292 e. The van der Waals surface area contributed by atoms with Crippen molar-refractivity contribution in [1.82, 2.24) is 14.5 Å². The number of nitrogens with one attached hydrogen (secondary N) is 1. The van der Waals surface area contributed by atoms with E-state index < -0.39 is 5.69 Å². The number of para-hydroxylation sites is 1. The van der Waals surface area contributed by atoms with Crippen molar-refractivity contribution in [2.24, 2.45) is 5.84 Å². The Balaban J connectivity index is 2.63. The molecule has 0 atom stereocenters. The molecule has 0 unspecified atom stereocenters. The van der Waals surface area contributed by atoms with Gasteiger partial charge in [-0.3, -0.25) is 5.43 Å². The third kappa shape index (κ3) is 1.78. The zero-order valence-corrected chi connectivity index (χ0v) is 8.71. The van der Waals surface area contributed by atoms with E-state index in [0.29, 0.717) is 5.82 Å². The average molecular weight is 217 g/mol. The number of anilines is 1. The summed E-state index contributed by atoms with van der Waals surface area (Å²) in [6.07, 6.45) is 0. The highest BCUT2D eigenvalue weighted by Gasteiger charge is 2.06. The van der Waals surface area contributed by atoms with E-state index in [4.69, 9.17) is 5.84 Å². The van der Waals surface area contributed by atoms with Crippen molar-refractivity contribution in [2.75, 3.05) is 5.43 Å². The summed E-state index contributed by atoms with van der Waals surface area (Å²) in [5.74, 6) is 5.80. The van der Waals surface area contributed by atoms with Gasteiger partial charge in [-0.15, -0.1) is 0 Å². The van der Waals surface area contributed by atoms with Crippen LogP contribution in [0.1, 0.15) is 5.82 Å². The largest absolute Gasteiger partial charge is 0.356 e. The molecule has 0 aliphatic rings. The van der Waals surface area contributed by atoms with Gasteiger partial charge in [0.2, 0.25) is 5.95 Å². The van der Waals surface area contributed by atoms with Crippen LogP contribution in [0.2, 0.25) is 0 Å². The first-order valence-electron chi connectivity index (χ1n) is 4.72. The van der Waals surface area contributed by atoms with Gasteiger partial charge in [0, 0.05) is 0 Å². The van der Waals surface area contributed by atoms with E-state index >= 15 is 0 Å². The minimum absolute atomic E-state index is 0.120. The van der Waals surface area contributed by atoms with Gasteiger partial charge < -0.3 is 0 Å². The highest BCUT2D eigenvalue weighted by molar-refractivity contribution is 5.33. The van der Waals surface area contributed by atoms with Gasteiger partial charge in [-0.1, -0.05) is 18.2 Å². The Bertz CT molecular complexity index is 549. The molecule has 82 valence electrons. The van der Waals surface area contributed by atoms with Crippen molar-refractivity contribution in [3.8, 4) is 5.69 Å². The number of rotatable bonds is 2. The van der Waals surface area contributed by atoms with Gasteiger partial charge in [0.25, 0.3) is 0 Å². The molecule has 0 bridgehead atoms. The molecule has 6 nitrogen and oxygen atoms in total. The second-order valence-corrected chi connectivity index (χ2v) is 3.19. The van der Waals surface area contributed by atoms with Crippen LogP contribution in [-0.4, -0.2) is 14.5 Å². The molecular formula is C10H11N5O. The molecule has 1 aromatic carbocycles. The number of nitrogens with two attached hydrogens (primary N) is 1. The quantitative estimate of drug-likeness (QED) is 0.555. The molecule has 6 heteroatoms. The summed E-state index contributed by atoms with van der Waals surface area (Å²) in [4.78, 5) is 19.5. The molecule has 0 amide bonds. The lowest BCUT2D eigenvalue weighted by molar-refractivity contribution is 0.811. The molecule has 0 fully saturated rings. The number of aryl methyl sites for hydroxylation is 1. The van der Waals surface area contributed by atoms with Crippen molar-refractivity contribution in [3.63, 3.8) is 0 Å². The van der Waals surface area contributed by atoms with E-state index in [2.05, 4.69) is 15.4 Å². The third-order valence-electron chi connectivity index (χ3n) is 2.13. The first kappa shape index (κ1) is 10.3. The number of nitrogens with zero attached hydrogens (tertiary/aromatic N) is 3. The predicted molar refractivity (Wildman–Crippen MR) is 60.2 cm³/mol. The molecule has 0 spiro atoms. The average Bonchev–Trinajstić information content (AvgIpc) is 2.29. The topological polar surface area (TPSA) is 85.8 Å². The Morgan fingerprint density at radius 2 is 1.94 bits per heavy atom. The maximum atomic E-state index is 11.7. The molecule has 1 heterocycles. The Morgan fingerprint density at radius 3 is 2.50 bits per heavy atom. The summed E-state index contributed by atoms with van der Waals surface area (Å²) < 4.78 is 1.42. The summed E-state index contributed by atoms with van der Waals surface area (Å²) in [5, 5.41) is 0. The van der Waals surface area contributed by atoms with Crippen LogP contribution in [0.3, 0.4) is 0 Å². The monoisotopic (exact) mass is 217 g/mol. The highest BCUT2D eigenvalue weighted by atomic mass is 16.1. The van der Waals surface area contributed by atoms with E-state index in [9.17, 15) is 4.79 Å². The zero-order valence-electron chi connectivity index (χ0n) is 8.71. The number of hydrogen-bond donors (Lipinski definition) is 2. The number of benzene rings is 1. The van der Waals surface area contributed by atoms with Crippen LogP contribution in [0.15, 0.2) is 35.1 Å². The first-order valence-corrected chi connectivity index (χ1v) is 4.72.